The number of benzene rings is 1. The zero-order valence-electron chi connectivity index (χ0n) is 8.39. The second-order valence-electron chi connectivity index (χ2n) is 3.25. The van der Waals surface area contributed by atoms with Crippen LogP contribution in [0.15, 0.2) is 35.2 Å². The number of nitrogens with zero attached hydrogens (tertiary/aromatic N) is 1. The third-order valence-electron chi connectivity index (χ3n) is 2.05. The Bertz CT molecular complexity index is 431. The van der Waals surface area contributed by atoms with E-state index in [9.17, 15) is 8.42 Å². The van der Waals surface area contributed by atoms with Crippen LogP contribution in [-0.4, -0.2) is 14.2 Å². The van der Waals surface area contributed by atoms with Gasteiger partial charge in [-0.25, -0.2) is 8.42 Å². The molecule has 0 saturated carbocycles. The van der Waals surface area contributed by atoms with Gasteiger partial charge in [-0.15, -0.1) is 0 Å². The molecule has 0 atom stereocenters. The fraction of sp³-hybridized carbons (Fsp3) is 0.364. The van der Waals surface area contributed by atoms with Crippen molar-refractivity contribution in [3.63, 3.8) is 0 Å². The largest absolute Gasteiger partial charge is 0.224 e. The van der Waals surface area contributed by atoms with Gasteiger partial charge in [0.15, 0.2) is 9.84 Å². The molecule has 0 heterocycles. The maximum absolute atomic E-state index is 11.7. The van der Waals surface area contributed by atoms with Crippen LogP contribution in [-0.2, 0) is 9.84 Å². The molecule has 0 aliphatic carbocycles. The summed E-state index contributed by atoms with van der Waals surface area (Å²) >= 11 is 0. The van der Waals surface area contributed by atoms with Crippen molar-refractivity contribution >= 4 is 9.84 Å². The first-order valence-corrected chi connectivity index (χ1v) is 6.47. The first-order chi connectivity index (χ1) is 7.17. The molecule has 0 aliphatic heterocycles. The minimum absolute atomic E-state index is 0.124. The molecule has 0 saturated heterocycles. The monoisotopic (exact) mass is 223 g/mol. The number of hydrogen-bond acceptors (Lipinski definition) is 3. The molecule has 0 amide bonds. The summed E-state index contributed by atoms with van der Waals surface area (Å²) in [5.41, 5.74) is 0. The Balaban J connectivity index is 2.58. The summed E-state index contributed by atoms with van der Waals surface area (Å²) in [7, 11) is -3.15. The topological polar surface area (TPSA) is 57.9 Å². The molecule has 80 valence electrons. The van der Waals surface area contributed by atoms with E-state index in [0.29, 0.717) is 24.2 Å². The normalized spacial score (nSPS) is 10.9. The van der Waals surface area contributed by atoms with E-state index in [-0.39, 0.29) is 5.75 Å². The van der Waals surface area contributed by atoms with Gasteiger partial charge in [0.1, 0.15) is 0 Å². The number of hydrogen-bond donors (Lipinski definition) is 0. The van der Waals surface area contributed by atoms with Crippen LogP contribution in [0.2, 0.25) is 0 Å². The van der Waals surface area contributed by atoms with Crippen molar-refractivity contribution in [2.45, 2.75) is 24.2 Å². The lowest BCUT2D eigenvalue weighted by atomic mass is 10.3. The first kappa shape index (κ1) is 11.7. The molecule has 0 spiro atoms. The lowest BCUT2D eigenvalue weighted by Gasteiger charge is -2.02. The number of unbranched alkanes of at least 4 members (excludes halogenated alkanes) is 2. The molecule has 1 aromatic rings. The van der Waals surface area contributed by atoms with E-state index in [1.807, 2.05) is 6.07 Å². The number of rotatable bonds is 5. The molecular formula is C11H13NO2S. The lowest BCUT2D eigenvalue weighted by Crippen LogP contribution is -2.06. The molecule has 3 nitrogen and oxygen atoms in total. The van der Waals surface area contributed by atoms with Crippen molar-refractivity contribution in [3.05, 3.63) is 30.3 Å². The molecule has 0 unspecified atom stereocenters. The van der Waals surface area contributed by atoms with Crippen LogP contribution in [0.5, 0.6) is 0 Å². The molecule has 0 N–H and O–H groups in total. The van der Waals surface area contributed by atoms with Crippen LogP contribution >= 0.6 is 0 Å². The molecule has 15 heavy (non-hydrogen) atoms. The van der Waals surface area contributed by atoms with E-state index in [0.717, 1.165) is 0 Å². The zero-order valence-corrected chi connectivity index (χ0v) is 9.20. The highest BCUT2D eigenvalue weighted by Crippen LogP contribution is 2.12. The summed E-state index contributed by atoms with van der Waals surface area (Å²) in [5.74, 6) is 0.124. The lowest BCUT2D eigenvalue weighted by molar-refractivity contribution is 0.592. The molecule has 0 bridgehead atoms. The van der Waals surface area contributed by atoms with Gasteiger partial charge in [-0.2, -0.15) is 5.26 Å². The minimum Gasteiger partial charge on any atom is -0.224 e. The predicted octanol–water partition coefficient (Wildman–Crippen LogP) is 2.15. The van der Waals surface area contributed by atoms with Gasteiger partial charge in [0.05, 0.1) is 16.7 Å². The minimum atomic E-state index is -3.15. The van der Waals surface area contributed by atoms with Gasteiger partial charge in [0, 0.05) is 6.42 Å². The van der Waals surface area contributed by atoms with Crippen molar-refractivity contribution in [3.8, 4) is 6.07 Å². The molecule has 0 fully saturated rings. The average Bonchev–Trinajstić information content (AvgIpc) is 2.26. The van der Waals surface area contributed by atoms with E-state index >= 15 is 0 Å². The van der Waals surface area contributed by atoms with E-state index < -0.39 is 9.84 Å². The smallest absolute Gasteiger partial charge is 0.178 e. The van der Waals surface area contributed by atoms with Crippen LogP contribution in [0.4, 0.5) is 0 Å². The Hall–Kier alpha value is -1.34. The summed E-state index contributed by atoms with van der Waals surface area (Å²) in [6.45, 7) is 0. The van der Waals surface area contributed by atoms with E-state index in [2.05, 4.69) is 0 Å². The molecule has 0 aromatic heterocycles. The second-order valence-corrected chi connectivity index (χ2v) is 5.36. The third-order valence-corrected chi connectivity index (χ3v) is 3.87. The van der Waals surface area contributed by atoms with Crippen LogP contribution < -0.4 is 0 Å². The van der Waals surface area contributed by atoms with Crippen molar-refractivity contribution in [1.29, 1.82) is 5.26 Å². The van der Waals surface area contributed by atoms with Crippen molar-refractivity contribution in [2.75, 3.05) is 5.75 Å². The Kier molecular flexibility index (Phi) is 4.32. The Morgan fingerprint density at radius 3 is 2.40 bits per heavy atom. The fourth-order valence-electron chi connectivity index (χ4n) is 1.24. The van der Waals surface area contributed by atoms with Crippen molar-refractivity contribution < 1.29 is 8.42 Å². The van der Waals surface area contributed by atoms with E-state index in [4.69, 9.17) is 5.26 Å². The summed E-state index contributed by atoms with van der Waals surface area (Å²) in [6.07, 6.45) is 1.61. The van der Waals surface area contributed by atoms with Gasteiger partial charge >= 0.3 is 0 Å². The summed E-state index contributed by atoms with van der Waals surface area (Å²) in [4.78, 5) is 0.363. The van der Waals surface area contributed by atoms with Gasteiger partial charge in [-0.3, -0.25) is 0 Å². The van der Waals surface area contributed by atoms with E-state index in [1.54, 1.807) is 30.3 Å². The molecule has 1 aromatic carbocycles. The van der Waals surface area contributed by atoms with Gasteiger partial charge in [-0.1, -0.05) is 18.2 Å². The van der Waals surface area contributed by atoms with Gasteiger partial charge in [0.2, 0.25) is 0 Å². The van der Waals surface area contributed by atoms with Gasteiger partial charge in [0.25, 0.3) is 0 Å². The Morgan fingerprint density at radius 2 is 1.80 bits per heavy atom. The quantitative estimate of drug-likeness (QED) is 0.719. The Labute approximate surface area is 90.3 Å². The molecule has 1 rings (SSSR count). The van der Waals surface area contributed by atoms with Gasteiger partial charge in [-0.05, 0) is 25.0 Å². The van der Waals surface area contributed by atoms with Crippen molar-refractivity contribution in [1.82, 2.24) is 0 Å². The average molecular weight is 223 g/mol. The van der Waals surface area contributed by atoms with E-state index in [1.165, 1.54) is 0 Å². The number of nitriles is 1. The highest BCUT2D eigenvalue weighted by Gasteiger charge is 2.12. The Morgan fingerprint density at radius 1 is 1.13 bits per heavy atom. The van der Waals surface area contributed by atoms with Crippen molar-refractivity contribution in [2.24, 2.45) is 0 Å². The van der Waals surface area contributed by atoms with Crippen LogP contribution in [0.25, 0.3) is 0 Å². The molecule has 0 aliphatic rings. The van der Waals surface area contributed by atoms with Gasteiger partial charge < -0.3 is 0 Å². The number of sulfone groups is 1. The third kappa shape index (κ3) is 3.72. The maximum Gasteiger partial charge on any atom is 0.178 e. The highest BCUT2D eigenvalue weighted by atomic mass is 32.2. The predicted molar refractivity (Wildman–Crippen MR) is 58.0 cm³/mol. The summed E-state index contributed by atoms with van der Waals surface area (Å²) in [6, 6.07) is 10.4. The van der Waals surface area contributed by atoms with Crippen LogP contribution in [0.1, 0.15) is 19.3 Å². The SMILES string of the molecule is N#CCCCCS(=O)(=O)c1ccccc1. The second kappa shape index (κ2) is 5.52. The highest BCUT2D eigenvalue weighted by molar-refractivity contribution is 7.91. The standard InChI is InChI=1S/C11H13NO2S/c12-9-5-2-6-10-15(13,14)11-7-3-1-4-8-11/h1,3-4,7-8H,2,5-6,10H2. The zero-order chi connectivity index (χ0) is 11.1. The first-order valence-electron chi connectivity index (χ1n) is 4.81. The van der Waals surface area contributed by atoms with Crippen LogP contribution in [0, 0.1) is 11.3 Å². The molecule has 4 heteroatoms. The molecular weight excluding hydrogens is 210 g/mol. The maximum atomic E-state index is 11.7. The molecule has 0 radical (unpaired) electrons. The fourth-order valence-corrected chi connectivity index (χ4v) is 2.63. The summed E-state index contributed by atoms with van der Waals surface area (Å²) < 4.78 is 23.4. The summed E-state index contributed by atoms with van der Waals surface area (Å²) in [5, 5.41) is 8.31. The van der Waals surface area contributed by atoms with Crippen LogP contribution in [0.3, 0.4) is 0 Å².